The van der Waals surface area contributed by atoms with Gasteiger partial charge in [-0.15, -0.1) is 0 Å². The number of hydrogen-bond acceptors (Lipinski definition) is 6. The second kappa shape index (κ2) is 5.16. The number of rotatable bonds is 2. The summed E-state index contributed by atoms with van der Waals surface area (Å²) in [5.41, 5.74) is -0.120. The van der Waals surface area contributed by atoms with Crippen LogP contribution in [0, 0.1) is 5.41 Å². The molecule has 1 fully saturated rings. The smallest absolute Gasteiger partial charge is 0.465 e. The van der Waals surface area contributed by atoms with Gasteiger partial charge in [0.05, 0.1) is 34.5 Å². The van der Waals surface area contributed by atoms with Gasteiger partial charge in [-0.3, -0.25) is 5.41 Å². The van der Waals surface area contributed by atoms with Gasteiger partial charge in [-0.2, -0.15) is 0 Å². The molecule has 5 nitrogen and oxygen atoms in total. The zero-order valence-corrected chi connectivity index (χ0v) is 13.6. The van der Waals surface area contributed by atoms with Gasteiger partial charge in [-0.1, -0.05) is 12.2 Å². The van der Waals surface area contributed by atoms with Crippen molar-refractivity contribution in [2.75, 3.05) is 7.11 Å². The first-order valence-electron chi connectivity index (χ1n) is 6.59. The number of hydrogen-bond donors (Lipinski definition) is 1. The Morgan fingerprint density at radius 1 is 1.24 bits per heavy atom. The molecule has 0 spiro atoms. The van der Waals surface area contributed by atoms with E-state index in [2.05, 4.69) is 0 Å². The van der Waals surface area contributed by atoms with Gasteiger partial charge >= 0.3 is 13.1 Å². The van der Waals surface area contributed by atoms with Gasteiger partial charge in [-0.05, 0) is 45.3 Å². The van der Waals surface area contributed by atoms with E-state index < -0.39 is 24.3 Å². The topological polar surface area (TPSA) is 68.6 Å². The number of thiocarbonyl (C=S) groups is 1. The normalized spacial score (nSPS) is 23.8. The molecule has 1 N–H and O–H groups in total. The molecule has 7 heteroatoms. The fourth-order valence-corrected chi connectivity index (χ4v) is 2.23. The van der Waals surface area contributed by atoms with Gasteiger partial charge in [0, 0.05) is 0 Å². The van der Waals surface area contributed by atoms with Crippen molar-refractivity contribution in [3.63, 3.8) is 0 Å². The van der Waals surface area contributed by atoms with Crippen LogP contribution in [-0.4, -0.2) is 42.0 Å². The van der Waals surface area contributed by atoms with Crippen LogP contribution in [0.5, 0.6) is 0 Å². The summed E-state index contributed by atoms with van der Waals surface area (Å²) in [5.74, 6) is -0.563. The maximum Gasteiger partial charge on any atom is 0.494 e. The van der Waals surface area contributed by atoms with Gasteiger partial charge in [0.2, 0.25) is 0 Å². The highest BCUT2D eigenvalue weighted by atomic mass is 32.1. The van der Waals surface area contributed by atoms with E-state index in [-0.39, 0.29) is 16.1 Å². The first-order chi connectivity index (χ1) is 9.59. The molecule has 0 aromatic heterocycles. The van der Waals surface area contributed by atoms with E-state index in [0.717, 1.165) is 0 Å². The molecular formula is C14H18BNO4S. The molecular weight excluding hydrogens is 289 g/mol. The number of carbonyl (C=O) groups excluding carboxylic acids is 1. The van der Waals surface area contributed by atoms with Crippen LogP contribution < -0.4 is 0 Å². The lowest BCUT2D eigenvalue weighted by Gasteiger charge is -2.32. The Bertz CT molecular complexity index is 576. The van der Waals surface area contributed by atoms with Crippen LogP contribution in [0.25, 0.3) is 0 Å². The summed E-state index contributed by atoms with van der Waals surface area (Å²) in [6, 6.07) is 0. The van der Waals surface area contributed by atoms with Gasteiger partial charge in [0.25, 0.3) is 0 Å². The van der Waals surface area contributed by atoms with Crippen LogP contribution in [0.2, 0.25) is 0 Å². The van der Waals surface area contributed by atoms with Crippen molar-refractivity contribution in [3.05, 3.63) is 23.2 Å². The van der Waals surface area contributed by atoms with Gasteiger partial charge in [0.1, 0.15) is 0 Å². The molecule has 2 rings (SSSR count). The van der Waals surface area contributed by atoms with Crippen LogP contribution in [0.15, 0.2) is 23.2 Å². The Balaban J connectivity index is 2.35. The van der Waals surface area contributed by atoms with Gasteiger partial charge in [0.15, 0.2) is 0 Å². The van der Waals surface area contributed by atoms with Crippen LogP contribution >= 0.6 is 12.2 Å². The Labute approximate surface area is 130 Å². The number of allylic oxidation sites excluding steroid dienone is 3. The molecule has 21 heavy (non-hydrogen) atoms. The molecule has 0 aromatic carbocycles. The quantitative estimate of drug-likeness (QED) is 0.480. The van der Waals surface area contributed by atoms with Crippen LogP contribution in [0.4, 0.5) is 0 Å². The third kappa shape index (κ3) is 2.73. The molecule has 112 valence electrons. The highest BCUT2D eigenvalue weighted by Crippen LogP contribution is 2.39. The van der Waals surface area contributed by atoms with E-state index >= 15 is 0 Å². The molecule has 1 saturated heterocycles. The number of ether oxygens (including phenoxy) is 1. The lowest BCUT2D eigenvalue weighted by molar-refractivity contribution is -0.135. The van der Waals surface area contributed by atoms with Gasteiger partial charge in [-0.25, -0.2) is 4.79 Å². The predicted octanol–water partition coefficient (Wildman–Crippen LogP) is 2.05. The minimum absolute atomic E-state index is 0.0811. The first-order valence-corrected chi connectivity index (χ1v) is 7.00. The van der Waals surface area contributed by atoms with Gasteiger partial charge < -0.3 is 14.0 Å². The van der Waals surface area contributed by atoms with E-state index in [1.165, 1.54) is 7.11 Å². The molecule has 0 radical (unpaired) electrons. The average Bonchev–Trinajstić information content (AvgIpc) is 2.60. The largest absolute Gasteiger partial charge is 0.494 e. The second-order valence-corrected chi connectivity index (χ2v) is 6.43. The first kappa shape index (κ1) is 16.1. The van der Waals surface area contributed by atoms with Crippen molar-refractivity contribution in [3.8, 4) is 0 Å². The third-order valence-electron chi connectivity index (χ3n) is 4.04. The molecule has 0 atom stereocenters. The second-order valence-electron chi connectivity index (χ2n) is 6.02. The fraction of sp³-hybridized carbons (Fsp3) is 0.500. The monoisotopic (exact) mass is 307 g/mol. The SMILES string of the molecule is COC(=O)C1=CC(B2OC(C)(C)C(C)(C)O2)=CC(=N)C1=S. The summed E-state index contributed by atoms with van der Waals surface area (Å²) in [7, 11) is 0.639. The maximum absolute atomic E-state index is 11.8. The van der Waals surface area contributed by atoms with E-state index in [9.17, 15) is 4.79 Å². The fourth-order valence-electron chi connectivity index (χ4n) is 2.03. The Morgan fingerprint density at radius 2 is 1.76 bits per heavy atom. The summed E-state index contributed by atoms with van der Waals surface area (Å²) in [5, 5.41) is 7.91. The molecule has 1 aliphatic carbocycles. The van der Waals surface area contributed by atoms with Crippen molar-refractivity contribution in [2.45, 2.75) is 38.9 Å². The Morgan fingerprint density at radius 3 is 2.24 bits per heavy atom. The van der Waals surface area contributed by atoms with Crippen molar-refractivity contribution >= 4 is 35.9 Å². The summed E-state index contributed by atoms with van der Waals surface area (Å²) in [6.45, 7) is 7.77. The molecule has 2 aliphatic rings. The summed E-state index contributed by atoms with van der Waals surface area (Å²) in [6.07, 6.45) is 3.14. The molecule has 0 aromatic rings. The number of carbonyl (C=O) groups is 1. The van der Waals surface area contributed by atoms with E-state index in [0.29, 0.717) is 5.47 Å². The summed E-state index contributed by atoms with van der Waals surface area (Å²) < 4.78 is 16.5. The summed E-state index contributed by atoms with van der Waals surface area (Å²) in [4.78, 5) is 11.9. The minimum atomic E-state index is -0.641. The van der Waals surface area contributed by atoms with E-state index in [4.69, 9.17) is 31.7 Å². The third-order valence-corrected chi connectivity index (χ3v) is 4.48. The molecule has 0 unspecified atom stereocenters. The molecule has 1 heterocycles. The Hall–Kier alpha value is -1.31. The lowest BCUT2D eigenvalue weighted by atomic mass is 9.74. The van der Waals surface area contributed by atoms with Crippen molar-refractivity contribution in [1.29, 1.82) is 5.41 Å². The lowest BCUT2D eigenvalue weighted by Crippen LogP contribution is -2.41. The predicted molar refractivity (Wildman–Crippen MR) is 84.6 cm³/mol. The molecule has 0 amide bonds. The van der Waals surface area contributed by atoms with Crippen molar-refractivity contribution < 1.29 is 18.8 Å². The van der Waals surface area contributed by atoms with E-state index in [1.807, 2.05) is 27.7 Å². The van der Waals surface area contributed by atoms with E-state index in [1.54, 1.807) is 12.2 Å². The Kier molecular flexibility index (Phi) is 3.95. The number of nitrogens with one attached hydrogen (secondary N) is 1. The minimum Gasteiger partial charge on any atom is -0.465 e. The van der Waals surface area contributed by atoms with Crippen molar-refractivity contribution in [2.24, 2.45) is 0 Å². The zero-order valence-electron chi connectivity index (χ0n) is 12.8. The molecule has 0 bridgehead atoms. The van der Waals surface area contributed by atoms with Crippen LogP contribution in [0.1, 0.15) is 27.7 Å². The maximum atomic E-state index is 11.8. The summed E-state index contributed by atoms with van der Waals surface area (Å²) >= 11 is 5.09. The van der Waals surface area contributed by atoms with Crippen molar-refractivity contribution in [1.82, 2.24) is 0 Å². The highest BCUT2D eigenvalue weighted by molar-refractivity contribution is 7.82. The average molecular weight is 307 g/mol. The van der Waals surface area contributed by atoms with Crippen LogP contribution in [0.3, 0.4) is 0 Å². The number of methoxy groups -OCH3 is 1. The zero-order chi connectivity index (χ0) is 16.0. The van der Waals surface area contributed by atoms with Crippen LogP contribution in [-0.2, 0) is 18.8 Å². The number of esters is 1. The molecule has 0 saturated carbocycles. The highest BCUT2D eigenvalue weighted by Gasteiger charge is 2.52. The molecule has 1 aliphatic heterocycles. The standard InChI is InChI=1S/C14H18BNO4S/c1-13(2)14(3,4)20-15(19-13)8-6-9(12(17)18-5)11(21)10(16)7-8/h6-7,16H,1-5H3.